The van der Waals surface area contributed by atoms with Gasteiger partial charge in [0.2, 0.25) is 0 Å². The molecule has 104 valence electrons. The number of nitrogens with zero attached hydrogens (tertiary/aromatic N) is 2. The fourth-order valence-electron chi connectivity index (χ4n) is 2.68. The highest BCUT2D eigenvalue weighted by atomic mass is 35.5. The molecule has 1 heterocycles. The second-order valence-electron chi connectivity index (χ2n) is 4.77. The van der Waals surface area contributed by atoms with E-state index in [1.165, 1.54) is 0 Å². The van der Waals surface area contributed by atoms with Crippen molar-refractivity contribution in [2.45, 2.75) is 25.3 Å². The Labute approximate surface area is 117 Å². The fourth-order valence-corrected chi connectivity index (χ4v) is 2.92. The van der Waals surface area contributed by atoms with Gasteiger partial charge in [0.25, 0.3) is 0 Å². The van der Waals surface area contributed by atoms with Gasteiger partial charge in [0.15, 0.2) is 0 Å². The summed E-state index contributed by atoms with van der Waals surface area (Å²) in [6.45, 7) is 1.66. The smallest absolute Gasteiger partial charge is 0.310 e. The van der Waals surface area contributed by atoms with Crippen LogP contribution in [-0.4, -0.2) is 31.1 Å². The molecule has 0 aliphatic carbocycles. The van der Waals surface area contributed by atoms with Crippen LogP contribution in [0.3, 0.4) is 0 Å². The van der Waals surface area contributed by atoms with Crippen molar-refractivity contribution in [3.05, 3.63) is 33.3 Å². The molecule has 1 aliphatic heterocycles. The topological polar surface area (TPSA) is 58.4 Å². The minimum Gasteiger partial charge on any atom is -0.362 e. The van der Waals surface area contributed by atoms with Crippen molar-refractivity contribution < 1.29 is 4.92 Å². The number of piperidine rings is 1. The lowest BCUT2D eigenvalue weighted by Gasteiger charge is -2.37. The molecule has 19 heavy (non-hydrogen) atoms. The molecule has 1 aromatic rings. The summed E-state index contributed by atoms with van der Waals surface area (Å²) in [5.74, 6) is 0. The van der Waals surface area contributed by atoms with Crippen molar-refractivity contribution in [1.29, 1.82) is 0 Å². The van der Waals surface area contributed by atoms with Gasteiger partial charge in [-0.15, -0.1) is 0 Å². The van der Waals surface area contributed by atoms with E-state index in [1.54, 1.807) is 18.2 Å². The highest BCUT2D eigenvalue weighted by Gasteiger charge is 2.29. The summed E-state index contributed by atoms with van der Waals surface area (Å²) in [6, 6.07) is 5.42. The number of rotatable bonds is 4. The quantitative estimate of drug-likeness (QED) is 0.682. The number of anilines is 1. The Morgan fingerprint density at radius 1 is 1.53 bits per heavy atom. The number of likely N-dealkylation sites (N-methyl/N-ethyl adjacent to an activating group) is 1. The summed E-state index contributed by atoms with van der Waals surface area (Å²) in [4.78, 5) is 13.0. The first kappa shape index (κ1) is 14.1. The van der Waals surface area contributed by atoms with Gasteiger partial charge in [0, 0.05) is 19.1 Å². The Kier molecular flexibility index (Phi) is 4.61. The van der Waals surface area contributed by atoms with E-state index in [9.17, 15) is 10.1 Å². The zero-order valence-electron chi connectivity index (χ0n) is 10.9. The zero-order chi connectivity index (χ0) is 13.8. The van der Waals surface area contributed by atoms with Crippen LogP contribution < -0.4 is 10.2 Å². The van der Waals surface area contributed by atoms with Crippen LogP contribution in [0.4, 0.5) is 11.4 Å². The Hall–Kier alpha value is -1.33. The van der Waals surface area contributed by atoms with E-state index in [0.717, 1.165) is 32.4 Å². The number of hydrogen-bond donors (Lipinski definition) is 1. The lowest BCUT2D eigenvalue weighted by atomic mass is 10.0. The van der Waals surface area contributed by atoms with E-state index in [0.29, 0.717) is 5.69 Å². The normalized spacial score (nSPS) is 19.5. The van der Waals surface area contributed by atoms with E-state index in [1.807, 2.05) is 7.05 Å². The van der Waals surface area contributed by atoms with Crippen molar-refractivity contribution in [1.82, 2.24) is 5.32 Å². The molecule has 1 unspecified atom stereocenters. The Balaban J connectivity index is 2.38. The van der Waals surface area contributed by atoms with Gasteiger partial charge in [-0.05, 0) is 38.4 Å². The fraction of sp³-hybridized carbons (Fsp3) is 0.538. The summed E-state index contributed by atoms with van der Waals surface area (Å²) in [7, 11) is 1.90. The predicted molar refractivity (Wildman–Crippen MR) is 77.0 cm³/mol. The number of nitrogens with one attached hydrogen (secondary N) is 1. The molecule has 1 saturated heterocycles. The van der Waals surface area contributed by atoms with Crippen molar-refractivity contribution in [2.75, 3.05) is 25.0 Å². The number of halogens is 1. The van der Waals surface area contributed by atoms with Crippen LogP contribution in [0.15, 0.2) is 18.2 Å². The van der Waals surface area contributed by atoms with Gasteiger partial charge in [0.1, 0.15) is 10.7 Å². The monoisotopic (exact) mass is 283 g/mol. The van der Waals surface area contributed by atoms with Gasteiger partial charge in [-0.1, -0.05) is 17.7 Å². The van der Waals surface area contributed by atoms with E-state index >= 15 is 0 Å². The lowest BCUT2D eigenvalue weighted by Crippen LogP contribution is -2.45. The third-order valence-electron chi connectivity index (χ3n) is 3.52. The van der Waals surface area contributed by atoms with Gasteiger partial charge in [-0.3, -0.25) is 10.1 Å². The third-order valence-corrected chi connectivity index (χ3v) is 3.83. The first-order valence-corrected chi connectivity index (χ1v) is 6.87. The van der Waals surface area contributed by atoms with Crippen LogP contribution in [0.2, 0.25) is 5.02 Å². The molecular weight excluding hydrogens is 266 g/mol. The minimum atomic E-state index is -0.386. The summed E-state index contributed by atoms with van der Waals surface area (Å²) in [5, 5.41) is 14.6. The van der Waals surface area contributed by atoms with Gasteiger partial charge in [-0.25, -0.2) is 0 Å². The molecule has 0 saturated carbocycles. The van der Waals surface area contributed by atoms with Crippen LogP contribution in [0.5, 0.6) is 0 Å². The first-order chi connectivity index (χ1) is 9.15. The molecule has 0 aromatic heterocycles. The molecule has 1 atom stereocenters. The van der Waals surface area contributed by atoms with Gasteiger partial charge >= 0.3 is 5.69 Å². The standard InChI is InChI=1S/C13H18ClN3O2/c1-15-9-10-5-2-3-8-16(10)12-7-4-6-11(14)13(12)17(18)19/h4,6-7,10,15H,2-3,5,8-9H2,1H3. The molecule has 1 aromatic carbocycles. The molecule has 0 radical (unpaired) electrons. The third kappa shape index (κ3) is 2.98. The average Bonchev–Trinajstić information content (AvgIpc) is 2.39. The summed E-state index contributed by atoms with van der Waals surface area (Å²) in [6.07, 6.45) is 3.27. The molecule has 0 spiro atoms. The van der Waals surface area contributed by atoms with E-state index in [-0.39, 0.29) is 21.7 Å². The van der Waals surface area contributed by atoms with E-state index < -0.39 is 0 Å². The predicted octanol–water partition coefficient (Wildman–Crippen LogP) is 2.83. The maximum absolute atomic E-state index is 11.2. The summed E-state index contributed by atoms with van der Waals surface area (Å²) >= 11 is 5.98. The molecule has 6 heteroatoms. The minimum absolute atomic E-state index is 0.0205. The van der Waals surface area contributed by atoms with Crippen LogP contribution in [-0.2, 0) is 0 Å². The SMILES string of the molecule is CNCC1CCCCN1c1cccc(Cl)c1[N+](=O)[O-]. The largest absolute Gasteiger partial charge is 0.362 e. The average molecular weight is 284 g/mol. The van der Waals surface area contributed by atoms with Crippen molar-refractivity contribution in [2.24, 2.45) is 0 Å². The maximum atomic E-state index is 11.2. The zero-order valence-corrected chi connectivity index (χ0v) is 11.7. The van der Waals surface area contributed by atoms with Crippen molar-refractivity contribution in [3.8, 4) is 0 Å². The second kappa shape index (κ2) is 6.21. The lowest BCUT2D eigenvalue weighted by molar-refractivity contribution is -0.384. The van der Waals surface area contributed by atoms with Gasteiger partial charge < -0.3 is 10.2 Å². The number of para-hydroxylation sites is 1. The Morgan fingerprint density at radius 2 is 2.32 bits per heavy atom. The van der Waals surface area contributed by atoms with Crippen molar-refractivity contribution >= 4 is 23.0 Å². The Morgan fingerprint density at radius 3 is 3.00 bits per heavy atom. The molecule has 1 fully saturated rings. The highest BCUT2D eigenvalue weighted by Crippen LogP contribution is 2.37. The number of nitro groups is 1. The summed E-state index contributed by atoms with van der Waals surface area (Å²) in [5.41, 5.74) is 0.657. The number of nitro benzene ring substituents is 1. The van der Waals surface area contributed by atoms with E-state index in [4.69, 9.17) is 11.6 Å². The highest BCUT2D eigenvalue weighted by molar-refractivity contribution is 6.33. The van der Waals surface area contributed by atoms with Crippen LogP contribution in [0, 0.1) is 10.1 Å². The maximum Gasteiger partial charge on any atom is 0.310 e. The molecule has 0 bridgehead atoms. The second-order valence-corrected chi connectivity index (χ2v) is 5.17. The number of hydrogen-bond acceptors (Lipinski definition) is 4. The van der Waals surface area contributed by atoms with E-state index in [2.05, 4.69) is 10.2 Å². The van der Waals surface area contributed by atoms with Crippen LogP contribution in [0.25, 0.3) is 0 Å². The van der Waals surface area contributed by atoms with Crippen LogP contribution in [0.1, 0.15) is 19.3 Å². The van der Waals surface area contributed by atoms with Crippen LogP contribution >= 0.6 is 11.6 Å². The molecule has 1 N–H and O–H groups in total. The molecule has 1 aliphatic rings. The van der Waals surface area contributed by atoms with Gasteiger partial charge in [0.05, 0.1) is 4.92 Å². The Bertz CT molecular complexity index is 465. The molecule has 2 rings (SSSR count). The summed E-state index contributed by atoms with van der Waals surface area (Å²) < 4.78 is 0. The first-order valence-electron chi connectivity index (χ1n) is 6.49. The molecular formula is C13H18ClN3O2. The molecule has 5 nitrogen and oxygen atoms in total. The van der Waals surface area contributed by atoms with Crippen molar-refractivity contribution in [3.63, 3.8) is 0 Å². The molecule has 0 amide bonds. The van der Waals surface area contributed by atoms with Gasteiger partial charge in [-0.2, -0.15) is 0 Å². The number of benzene rings is 1.